The summed E-state index contributed by atoms with van der Waals surface area (Å²) < 4.78 is 5.71. The maximum atomic E-state index is 9.50. The molecule has 1 fully saturated rings. The smallest absolute Gasteiger partial charge is 0.233 e. The number of aliphatic hydroxyl groups excluding tert-OH is 1. The highest BCUT2D eigenvalue weighted by Gasteiger charge is 2.25. The molecule has 102 valence electrons. The summed E-state index contributed by atoms with van der Waals surface area (Å²) in [5.74, 6) is 1.95. The van der Waals surface area contributed by atoms with Gasteiger partial charge in [-0.25, -0.2) is 0 Å². The number of aromatic nitrogens is 2. The largest absolute Gasteiger partial charge is 0.424 e. The van der Waals surface area contributed by atoms with Gasteiger partial charge in [-0.15, -0.1) is 10.2 Å². The summed E-state index contributed by atoms with van der Waals surface area (Å²) in [6.45, 7) is 8.15. The lowest BCUT2D eigenvalue weighted by atomic mass is 10.1. The van der Waals surface area contributed by atoms with Crippen molar-refractivity contribution in [2.75, 3.05) is 13.1 Å². The Morgan fingerprint density at radius 1 is 1.28 bits per heavy atom. The standard InChI is InChI=1S/C13H23N3O2/c1-9(2)8-12-14-15-13(18-12)10(3)16-6-4-11(17)5-7-16/h9-11,17H,4-8H2,1-3H3. The molecule has 0 amide bonds. The summed E-state index contributed by atoms with van der Waals surface area (Å²) in [4.78, 5) is 2.29. The summed E-state index contributed by atoms with van der Waals surface area (Å²) in [7, 11) is 0. The summed E-state index contributed by atoms with van der Waals surface area (Å²) in [6, 6.07) is 0.144. The van der Waals surface area contributed by atoms with Gasteiger partial charge in [-0.3, -0.25) is 4.90 Å². The van der Waals surface area contributed by atoms with E-state index in [0.29, 0.717) is 11.8 Å². The maximum Gasteiger partial charge on any atom is 0.233 e. The number of aliphatic hydroxyl groups is 1. The highest BCUT2D eigenvalue weighted by molar-refractivity contribution is 4.91. The SMILES string of the molecule is CC(C)Cc1nnc(C(C)N2CCC(O)CC2)o1. The molecule has 1 aliphatic rings. The lowest BCUT2D eigenvalue weighted by molar-refractivity contribution is 0.0577. The van der Waals surface area contributed by atoms with E-state index in [2.05, 4.69) is 35.9 Å². The third-order valence-electron chi connectivity index (χ3n) is 3.47. The number of rotatable bonds is 4. The van der Waals surface area contributed by atoms with Gasteiger partial charge in [0.25, 0.3) is 0 Å². The van der Waals surface area contributed by atoms with Gasteiger partial charge in [-0.2, -0.15) is 0 Å². The number of hydrogen-bond acceptors (Lipinski definition) is 5. The molecule has 0 radical (unpaired) electrons. The molecular weight excluding hydrogens is 230 g/mol. The first-order valence-electron chi connectivity index (χ1n) is 6.80. The van der Waals surface area contributed by atoms with E-state index in [4.69, 9.17) is 4.42 Å². The van der Waals surface area contributed by atoms with Crippen LogP contribution in [-0.4, -0.2) is 39.4 Å². The Kier molecular flexibility index (Phi) is 4.35. The Balaban J connectivity index is 1.96. The molecule has 2 rings (SSSR count). The zero-order valence-corrected chi connectivity index (χ0v) is 11.5. The van der Waals surface area contributed by atoms with Crippen molar-refractivity contribution in [3.05, 3.63) is 11.8 Å². The van der Waals surface area contributed by atoms with E-state index in [1.807, 2.05) is 0 Å². The quantitative estimate of drug-likeness (QED) is 0.886. The molecule has 5 heteroatoms. The van der Waals surface area contributed by atoms with Crippen molar-refractivity contribution < 1.29 is 9.52 Å². The van der Waals surface area contributed by atoms with Gasteiger partial charge < -0.3 is 9.52 Å². The normalized spacial score (nSPS) is 20.5. The maximum absolute atomic E-state index is 9.50. The van der Waals surface area contributed by atoms with Gasteiger partial charge in [0.2, 0.25) is 11.8 Å². The van der Waals surface area contributed by atoms with Gasteiger partial charge in [0.15, 0.2) is 0 Å². The lowest BCUT2D eigenvalue weighted by Gasteiger charge is -2.32. The Labute approximate surface area is 108 Å². The van der Waals surface area contributed by atoms with Gasteiger partial charge in [0, 0.05) is 19.5 Å². The van der Waals surface area contributed by atoms with Gasteiger partial charge in [-0.05, 0) is 25.7 Å². The van der Waals surface area contributed by atoms with E-state index in [-0.39, 0.29) is 12.1 Å². The fourth-order valence-corrected chi connectivity index (χ4v) is 2.30. The Morgan fingerprint density at radius 2 is 1.94 bits per heavy atom. The minimum atomic E-state index is -0.146. The second-order valence-electron chi connectivity index (χ2n) is 5.58. The molecule has 1 N–H and O–H groups in total. The van der Waals surface area contributed by atoms with Crippen LogP contribution in [0.4, 0.5) is 0 Å². The molecule has 0 bridgehead atoms. The van der Waals surface area contributed by atoms with Crippen molar-refractivity contribution in [2.24, 2.45) is 5.92 Å². The highest BCUT2D eigenvalue weighted by atomic mass is 16.4. The van der Waals surface area contributed by atoms with Crippen molar-refractivity contribution in [3.63, 3.8) is 0 Å². The molecule has 0 aliphatic carbocycles. The summed E-state index contributed by atoms with van der Waals surface area (Å²) in [6.07, 6.45) is 2.35. The van der Waals surface area contributed by atoms with Crippen LogP contribution in [0.5, 0.6) is 0 Å². The number of nitrogens with zero attached hydrogens (tertiary/aromatic N) is 3. The van der Waals surface area contributed by atoms with Crippen molar-refractivity contribution in [3.8, 4) is 0 Å². The van der Waals surface area contributed by atoms with Crippen LogP contribution in [0.25, 0.3) is 0 Å². The molecule has 0 aromatic carbocycles. The van der Waals surface area contributed by atoms with E-state index in [1.54, 1.807) is 0 Å². The minimum Gasteiger partial charge on any atom is -0.424 e. The Hall–Kier alpha value is -0.940. The average Bonchev–Trinajstić information content (AvgIpc) is 2.76. The second-order valence-corrected chi connectivity index (χ2v) is 5.58. The molecule has 0 saturated carbocycles. The molecule has 1 aliphatic heterocycles. The van der Waals surface area contributed by atoms with Gasteiger partial charge >= 0.3 is 0 Å². The Bertz CT molecular complexity index is 370. The number of hydrogen-bond donors (Lipinski definition) is 1. The zero-order chi connectivity index (χ0) is 13.1. The third kappa shape index (κ3) is 3.29. The molecule has 0 spiro atoms. The van der Waals surface area contributed by atoms with Gasteiger partial charge in [0.05, 0.1) is 12.1 Å². The van der Waals surface area contributed by atoms with E-state index in [0.717, 1.165) is 38.2 Å². The van der Waals surface area contributed by atoms with Crippen molar-refractivity contribution in [1.82, 2.24) is 15.1 Å². The molecule has 1 atom stereocenters. The van der Waals surface area contributed by atoms with Crippen LogP contribution in [0.3, 0.4) is 0 Å². The number of piperidine rings is 1. The first-order valence-corrected chi connectivity index (χ1v) is 6.80. The van der Waals surface area contributed by atoms with E-state index in [1.165, 1.54) is 0 Å². The topological polar surface area (TPSA) is 62.4 Å². The summed E-state index contributed by atoms with van der Waals surface area (Å²) >= 11 is 0. The predicted octanol–water partition coefficient (Wildman–Crippen LogP) is 1.79. The van der Waals surface area contributed by atoms with Crippen LogP contribution < -0.4 is 0 Å². The molecule has 1 aromatic rings. The molecule has 1 saturated heterocycles. The first-order chi connectivity index (χ1) is 8.56. The van der Waals surface area contributed by atoms with Gasteiger partial charge in [0.1, 0.15) is 0 Å². The third-order valence-corrected chi connectivity index (χ3v) is 3.47. The zero-order valence-electron chi connectivity index (χ0n) is 11.5. The fraction of sp³-hybridized carbons (Fsp3) is 0.846. The molecule has 1 aromatic heterocycles. The van der Waals surface area contributed by atoms with Crippen molar-refractivity contribution >= 4 is 0 Å². The average molecular weight is 253 g/mol. The van der Waals surface area contributed by atoms with Crippen LogP contribution in [0.1, 0.15) is 51.4 Å². The molecule has 5 nitrogen and oxygen atoms in total. The van der Waals surface area contributed by atoms with Crippen LogP contribution in [0.15, 0.2) is 4.42 Å². The molecule has 1 unspecified atom stereocenters. The molecular formula is C13H23N3O2. The van der Waals surface area contributed by atoms with Crippen LogP contribution in [0, 0.1) is 5.92 Å². The van der Waals surface area contributed by atoms with E-state index in [9.17, 15) is 5.11 Å². The van der Waals surface area contributed by atoms with Crippen LogP contribution in [0.2, 0.25) is 0 Å². The monoisotopic (exact) mass is 253 g/mol. The van der Waals surface area contributed by atoms with Crippen molar-refractivity contribution in [2.45, 2.75) is 52.2 Å². The van der Waals surface area contributed by atoms with Crippen LogP contribution >= 0.6 is 0 Å². The van der Waals surface area contributed by atoms with E-state index < -0.39 is 0 Å². The summed E-state index contributed by atoms with van der Waals surface area (Å²) in [5.41, 5.74) is 0. The molecule has 2 heterocycles. The highest BCUT2D eigenvalue weighted by Crippen LogP contribution is 2.23. The van der Waals surface area contributed by atoms with E-state index >= 15 is 0 Å². The fourth-order valence-electron chi connectivity index (χ4n) is 2.30. The van der Waals surface area contributed by atoms with Crippen LogP contribution in [-0.2, 0) is 6.42 Å². The lowest BCUT2D eigenvalue weighted by Crippen LogP contribution is -2.37. The number of likely N-dealkylation sites (tertiary alicyclic amines) is 1. The summed E-state index contributed by atoms with van der Waals surface area (Å²) in [5, 5.41) is 17.7. The minimum absolute atomic E-state index is 0.144. The van der Waals surface area contributed by atoms with Crippen molar-refractivity contribution in [1.29, 1.82) is 0 Å². The second kappa shape index (κ2) is 5.80. The van der Waals surface area contributed by atoms with Gasteiger partial charge in [-0.1, -0.05) is 13.8 Å². The first kappa shape index (κ1) is 13.5. The molecule has 18 heavy (non-hydrogen) atoms. The predicted molar refractivity (Wildman–Crippen MR) is 68.1 cm³/mol. The Morgan fingerprint density at radius 3 is 2.56 bits per heavy atom.